The van der Waals surface area contributed by atoms with Gasteiger partial charge in [-0.2, -0.15) is 5.10 Å². The van der Waals surface area contributed by atoms with Gasteiger partial charge in [-0.3, -0.25) is 4.68 Å². The van der Waals surface area contributed by atoms with Gasteiger partial charge in [0, 0.05) is 18.8 Å². The molecule has 0 saturated heterocycles. The third kappa shape index (κ3) is 5.34. The van der Waals surface area contributed by atoms with Crippen LogP contribution in [0.5, 0.6) is 0 Å². The van der Waals surface area contributed by atoms with Crippen molar-refractivity contribution in [2.75, 3.05) is 25.0 Å². The maximum absolute atomic E-state index is 4.49. The fourth-order valence-electron chi connectivity index (χ4n) is 3.21. The lowest BCUT2D eigenvalue weighted by molar-refractivity contribution is 0.285. The molecule has 4 heteroatoms. The number of aromatic nitrogens is 2. The molecule has 2 rings (SSSR count). The minimum absolute atomic E-state index is 0.635. The highest BCUT2D eigenvalue weighted by atomic mass is 15.3. The van der Waals surface area contributed by atoms with Crippen molar-refractivity contribution >= 4 is 5.69 Å². The average molecular weight is 292 g/mol. The van der Waals surface area contributed by atoms with E-state index in [1.807, 2.05) is 6.20 Å². The number of hydrogen-bond acceptors (Lipinski definition) is 3. The van der Waals surface area contributed by atoms with Crippen molar-refractivity contribution in [2.24, 2.45) is 5.92 Å². The zero-order valence-corrected chi connectivity index (χ0v) is 14.0. The van der Waals surface area contributed by atoms with Gasteiger partial charge in [0.1, 0.15) is 0 Å². The van der Waals surface area contributed by atoms with Crippen LogP contribution < -0.4 is 5.32 Å². The lowest BCUT2D eigenvalue weighted by Gasteiger charge is -2.17. The predicted octanol–water partition coefficient (Wildman–Crippen LogP) is 3.61. The summed E-state index contributed by atoms with van der Waals surface area (Å²) in [6.07, 6.45) is 10.8. The van der Waals surface area contributed by atoms with E-state index in [1.165, 1.54) is 37.8 Å². The van der Waals surface area contributed by atoms with E-state index < -0.39 is 0 Å². The smallest absolute Gasteiger partial charge is 0.0728 e. The molecule has 1 aliphatic rings. The van der Waals surface area contributed by atoms with Crippen LogP contribution in [0.15, 0.2) is 12.4 Å². The Morgan fingerprint density at radius 3 is 2.81 bits per heavy atom. The minimum atomic E-state index is 0.635. The molecule has 0 amide bonds. The van der Waals surface area contributed by atoms with Crippen LogP contribution in [0.25, 0.3) is 0 Å². The second-order valence-corrected chi connectivity index (χ2v) is 6.47. The summed E-state index contributed by atoms with van der Waals surface area (Å²) in [5.41, 5.74) is 1.19. The van der Waals surface area contributed by atoms with E-state index in [9.17, 15) is 0 Å². The number of nitrogens with zero attached hydrogens (tertiary/aromatic N) is 3. The molecular weight excluding hydrogens is 260 g/mol. The monoisotopic (exact) mass is 292 g/mol. The van der Waals surface area contributed by atoms with E-state index >= 15 is 0 Å². The molecular formula is C17H32N4. The second-order valence-electron chi connectivity index (χ2n) is 6.47. The Labute approximate surface area is 129 Å². The first kappa shape index (κ1) is 16.3. The summed E-state index contributed by atoms with van der Waals surface area (Å²) in [4.78, 5) is 2.43. The van der Waals surface area contributed by atoms with Crippen molar-refractivity contribution in [2.45, 2.75) is 65.5 Å². The Morgan fingerprint density at radius 1 is 1.24 bits per heavy atom. The number of nitrogens with one attached hydrogen (secondary N) is 1. The number of hydrogen-bond donors (Lipinski definition) is 1. The van der Waals surface area contributed by atoms with Crippen molar-refractivity contribution in [3.05, 3.63) is 12.4 Å². The number of anilines is 1. The molecule has 120 valence electrons. The minimum Gasteiger partial charge on any atom is -0.380 e. The Hall–Kier alpha value is -1.03. The van der Waals surface area contributed by atoms with Gasteiger partial charge in [0.25, 0.3) is 0 Å². The van der Waals surface area contributed by atoms with Crippen molar-refractivity contribution in [3.63, 3.8) is 0 Å². The zero-order valence-electron chi connectivity index (χ0n) is 14.0. The van der Waals surface area contributed by atoms with Gasteiger partial charge in [0.15, 0.2) is 0 Å². The third-order valence-corrected chi connectivity index (χ3v) is 4.80. The lowest BCUT2D eigenvalue weighted by atomic mass is 10.0. The van der Waals surface area contributed by atoms with E-state index in [0.717, 1.165) is 32.1 Å². The zero-order chi connectivity index (χ0) is 15.1. The van der Waals surface area contributed by atoms with E-state index in [4.69, 9.17) is 0 Å². The molecule has 1 saturated carbocycles. The first-order chi connectivity index (χ1) is 10.2. The molecule has 4 nitrogen and oxygen atoms in total. The summed E-state index contributed by atoms with van der Waals surface area (Å²) in [6.45, 7) is 11.1. The molecule has 0 aromatic carbocycles. The molecule has 2 unspecified atom stereocenters. The van der Waals surface area contributed by atoms with Gasteiger partial charge >= 0.3 is 0 Å². The summed E-state index contributed by atoms with van der Waals surface area (Å²) in [7, 11) is 0. The van der Waals surface area contributed by atoms with Gasteiger partial charge in [0.2, 0.25) is 0 Å². The van der Waals surface area contributed by atoms with E-state index in [0.29, 0.717) is 6.04 Å². The number of rotatable bonds is 7. The first-order valence-corrected chi connectivity index (χ1v) is 8.72. The molecule has 1 heterocycles. The third-order valence-electron chi connectivity index (χ3n) is 4.80. The highest BCUT2D eigenvalue weighted by molar-refractivity contribution is 5.39. The fraction of sp³-hybridized carbons (Fsp3) is 0.824. The van der Waals surface area contributed by atoms with Crippen molar-refractivity contribution in [3.8, 4) is 0 Å². The van der Waals surface area contributed by atoms with Gasteiger partial charge in [-0.05, 0) is 38.3 Å². The van der Waals surface area contributed by atoms with Gasteiger partial charge in [0.05, 0.1) is 18.4 Å². The Bertz CT molecular complexity index is 397. The summed E-state index contributed by atoms with van der Waals surface area (Å²) in [6, 6.07) is 0.635. The molecule has 1 aromatic heterocycles. The summed E-state index contributed by atoms with van der Waals surface area (Å²) in [5.74, 6) is 0.897. The van der Waals surface area contributed by atoms with Gasteiger partial charge in [-0.15, -0.1) is 0 Å². The standard InChI is InChI=1S/C17H32N4/c1-4-20(5-2)11-12-21-14-17(13-18-21)19-16-8-6-7-15(3)9-10-16/h13-16,19H,4-12H2,1-3H3. The normalized spacial score (nSPS) is 23.2. The van der Waals surface area contributed by atoms with Crippen LogP contribution in [0, 0.1) is 5.92 Å². The van der Waals surface area contributed by atoms with Crippen molar-refractivity contribution in [1.82, 2.24) is 14.7 Å². The molecule has 2 atom stereocenters. The van der Waals surface area contributed by atoms with E-state index in [1.54, 1.807) is 0 Å². The van der Waals surface area contributed by atoms with Crippen LogP contribution in [-0.2, 0) is 6.54 Å². The van der Waals surface area contributed by atoms with Crippen LogP contribution in [0.4, 0.5) is 5.69 Å². The Morgan fingerprint density at radius 2 is 2.05 bits per heavy atom. The Kier molecular flexibility index (Phi) is 6.55. The molecule has 1 fully saturated rings. The highest BCUT2D eigenvalue weighted by Gasteiger charge is 2.16. The summed E-state index contributed by atoms with van der Waals surface area (Å²) in [5, 5.41) is 8.17. The van der Waals surface area contributed by atoms with Gasteiger partial charge in [-0.25, -0.2) is 0 Å². The predicted molar refractivity (Wildman–Crippen MR) is 89.7 cm³/mol. The van der Waals surface area contributed by atoms with Crippen LogP contribution >= 0.6 is 0 Å². The average Bonchev–Trinajstić information content (AvgIpc) is 2.83. The number of likely N-dealkylation sites (N-methyl/N-ethyl adjacent to an activating group) is 1. The lowest BCUT2D eigenvalue weighted by Crippen LogP contribution is -2.27. The SMILES string of the molecule is CCN(CC)CCn1cc(NC2CCCC(C)CC2)cn1. The van der Waals surface area contributed by atoms with Crippen LogP contribution in [0.3, 0.4) is 0 Å². The van der Waals surface area contributed by atoms with Crippen molar-refractivity contribution in [1.29, 1.82) is 0 Å². The second kappa shape index (κ2) is 8.42. The topological polar surface area (TPSA) is 33.1 Å². The maximum atomic E-state index is 4.49. The largest absolute Gasteiger partial charge is 0.380 e. The molecule has 0 spiro atoms. The van der Waals surface area contributed by atoms with Crippen LogP contribution in [0.2, 0.25) is 0 Å². The van der Waals surface area contributed by atoms with Gasteiger partial charge < -0.3 is 10.2 Å². The van der Waals surface area contributed by atoms with E-state index in [-0.39, 0.29) is 0 Å². The Balaban J connectivity index is 1.79. The fourth-order valence-corrected chi connectivity index (χ4v) is 3.21. The molecule has 0 bridgehead atoms. The highest BCUT2D eigenvalue weighted by Crippen LogP contribution is 2.24. The summed E-state index contributed by atoms with van der Waals surface area (Å²) < 4.78 is 2.07. The van der Waals surface area contributed by atoms with Crippen LogP contribution in [-0.4, -0.2) is 40.4 Å². The first-order valence-electron chi connectivity index (χ1n) is 8.72. The molecule has 0 aliphatic heterocycles. The molecule has 1 N–H and O–H groups in total. The maximum Gasteiger partial charge on any atom is 0.0728 e. The molecule has 1 aromatic rings. The van der Waals surface area contributed by atoms with Gasteiger partial charge in [-0.1, -0.05) is 33.6 Å². The van der Waals surface area contributed by atoms with E-state index in [2.05, 4.69) is 47.0 Å². The summed E-state index contributed by atoms with van der Waals surface area (Å²) >= 11 is 0. The molecule has 21 heavy (non-hydrogen) atoms. The van der Waals surface area contributed by atoms with Crippen molar-refractivity contribution < 1.29 is 0 Å². The molecule has 1 aliphatic carbocycles. The van der Waals surface area contributed by atoms with Crippen LogP contribution in [0.1, 0.15) is 52.9 Å². The molecule has 0 radical (unpaired) electrons. The quantitative estimate of drug-likeness (QED) is 0.779.